The zero-order valence-electron chi connectivity index (χ0n) is 19.9. The van der Waals surface area contributed by atoms with Gasteiger partial charge in [0.05, 0.1) is 20.6 Å². The third kappa shape index (κ3) is 4.74. The number of carbonyl (C=O) groups excluding carboxylic acids is 2. The van der Waals surface area contributed by atoms with E-state index in [9.17, 15) is 9.59 Å². The van der Waals surface area contributed by atoms with Crippen molar-refractivity contribution in [2.45, 2.75) is 50.9 Å². The van der Waals surface area contributed by atoms with Crippen LogP contribution < -0.4 is 0 Å². The van der Waals surface area contributed by atoms with Gasteiger partial charge < -0.3 is 9.80 Å². The molecule has 2 fully saturated rings. The number of hydrogen-bond acceptors (Lipinski definition) is 4. The number of para-hydroxylation sites is 1. The van der Waals surface area contributed by atoms with Gasteiger partial charge in [-0.15, -0.1) is 11.3 Å². The molecule has 0 spiro atoms. The standard InChI is InChI=1S/C28H33N3O2S/c1-28(22-9-3-2-4-10-22,20-25-29-23-11-5-6-12-24(23)34-25)27(33)31-17-13-21(14-18-31)19-26(32)30-15-7-8-16-30/h2-6,9-12,21H,7-8,13-20H2,1H3. The Morgan fingerprint density at radius 3 is 2.32 bits per heavy atom. The zero-order valence-corrected chi connectivity index (χ0v) is 20.7. The first kappa shape index (κ1) is 23.0. The second-order valence-corrected chi connectivity index (χ2v) is 11.1. The van der Waals surface area contributed by atoms with Gasteiger partial charge >= 0.3 is 0 Å². The van der Waals surface area contributed by atoms with Crippen LogP contribution in [0.5, 0.6) is 0 Å². The van der Waals surface area contributed by atoms with Crippen molar-refractivity contribution in [1.29, 1.82) is 0 Å². The molecule has 2 aromatic carbocycles. The van der Waals surface area contributed by atoms with E-state index in [0.717, 1.165) is 72.7 Å². The second-order valence-electron chi connectivity index (χ2n) is 9.98. The van der Waals surface area contributed by atoms with Gasteiger partial charge in [0.15, 0.2) is 0 Å². The van der Waals surface area contributed by atoms with E-state index in [1.54, 1.807) is 11.3 Å². The number of carbonyl (C=O) groups is 2. The molecule has 5 rings (SSSR count). The van der Waals surface area contributed by atoms with E-state index in [0.29, 0.717) is 24.7 Å². The molecule has 5 nitrogen and oxygen atoms in total. The predicted octanol–water partition coefficient (Wildman–Crippen LogP) is 5.05. The fourth-order valence-electron chi connectivity index (χ4n) is 5.44. The first-order valence-corrected chi connectivity index (χ1v) is 13.3. The highest BCUT2D eigenvalue weighted by atomic mass is 32.1. The molecule has 3 aromatic rings. The van der Waals surface area contributed by atoms with Crippen LogP contribution in [-0.2, 0) is 21.4 Å². The third-order valence-electron chi connectivity index (χ3n) is 7.55. The minimum atomic E-state index is -0.673. The molecule has 1 unspecified atom stereocenters. The van der Waals surface area contributed by atoms with Crippen LogP contribution in [0.15, 0.2) is 54.6 Å². The first-order valence-electron chi connectivity index (χ1n) is 12.5. The van der Waals surface area contributed by atoms with Gasteiger partial charge in [0.25, 0.3) is 0 Å². The van der Waals surface area contributed by atoms with E-state index in [1.807, 2.05) is 46.2 Å². The molecular formula is C28H33N3O2S. The number of amides is 2. The Kier molecular flexibility index (Phi) is 6.68. The Balaban J connectivity index is 1.30. The monoisotopic (exact) mass is 475 g/mol. The number of aromatic nitrogens is 1. The summed E-state index contributed by atoms with van der Waals surface area (Å²) in [7, 11) is 0. The topological polar surface area (TPSA) is 53.5 Å². The van der Waals surface area contributed by atoms with Crippen LogP contribution >= 0.6 is 11.3 Å². The smallest absolute Gasteiger partial charge is 0.233 e. The fourth-order valence-corrected chi connectivity index (χ4v) is 6.56. The summed E-state index contributed by atoms with van der Waals surface area (Å²) >= 11 is 1.68. The van der Waals surface area contributed by atoms with Gasteiger partial charge in [-0.05, 0) is 56.2 Å². The maximum atomic E-state index is 14.0. The molecule has 6 heteroatoms. The SMILES string of the molecule is CC(Cc1nc2ccccc2s1)(C(=O)N1CCC(CC(=O)N2CCCC2)CC1)c1ccccc1. The molecule has 2 aliphatic rings. The van der Waals surface area contributed by atoms with E-state index >= 15 is 0 Å². The molecule has 0 radical (unpaired) electrons. The molecule has 0 N–H and O–H groups in total. The van der Waals surface area contributed by atoms with Crippen LogP contribution in [0, 0.1) is 5.92 Å². The van der Waals surface area contributed by atoms with Crippen LogP contribution in [0.4, 0.5) is 0 Å². The van der Waals surface area contributed by atoms with Crippen LogP contribution in [0.25, 0.3) is 10.2 Å². The van der Waals surface area contributed by atoms with E-state index < -0.39 is 5.41 Å². The molecule has 2 saturated heterocycles. The summed E-state index contributed by atoms with van der Waals surface area (Å²) in [5, 5.41) is 0.993. The second kappa shape index (κ2) is 9.87. The van der Waals surface area contributed by atoms with Crippen LogP contribution in [0.2, 0.25) is 0 Å². The molecule has 3 heterocycles. The maximum Gasteiger partial charge on any atom is 0.233 e. The van der Waals surface area contributed by atoms with Crippen molar-refractivity contribution < 1.29 is 9.59 Å². The van der Waals surface area contributed by atoms with Crippen molar-refractivity contribution in [3.63, 3.8) is 0 Å². The molecule has 0 saturated carbocycles. The van der Waals surface area contributed by atoms with Gasteiger partial charge in [0, 0.05) is 39.0 Å². The number of benzene rings is 2. The van der Waals surface area contributed by atoms with Crippen LogP contribution in [0.1, 0.15) is 49.6 Å². The van der Waals surface area contributed by atoms with Crippen molar-refractivity contribution in [2.75, 3.05) is 26.2 Å². The van der Waals surface area contributed by atoms with Crippen molar-refractivity contribution in [3.05, 3.63) is 65.2 Å². The van der Waals surface area contributed by atoms with Crippen molar-refractivity contribution in [2.24, 2.45) is 5.92 Å². The summed E-state index contributed by atoms with van der Waals surface area (Å²) in [4.78, 5) is 35.5. The Bertz CT molecular complexity index is 1110. The minimum Gasteiger partial charge on any atom is -0.343 e. The highest BCUT2D eigenvalue weighted by Gasteiger charge is 2.40. The fraction of sp³-hybridized carbons (Fsp3) is 0.464. The number of likely N-dealkylation sites (tertiary alicyclic amines) is 2. The van der Waals surface area contributed by atoms with Crippen molar-refractivity contribution >= 4 is 33.4 Å². The highest BCUT2D eigenvalue weighted by molar-refractivity contribution is 7.18. The normalized spacial score (nSPS) is 18.9. The van der Waals surface area contributed by atoms with E-state index in [-0.39, 0.29) is 5.91 Å². The number of piperidine rings is 1. The van der Waals surface area contributed by atoms with Gasteiger partial charge in [-0.3, -0.25) is 9.59 Å². The average molecular weight is 476 g/mol. The molecular weight excluding hydrogens is 442 g/mol. The van der Waals surface area contributed by atoms with Gasteiger partial charge in [-0.2, -0.15) is 0 Å². The summed E-state index contributed by atoms with van der Waals surface area (Å²) in [5.74, 6) is 0.846. The molecule has 2 aliphatic heterocycles. The molecule has 1 atom stereocenters. The Hall–Kier alpha value is -2.73. The summed E-state index contributed by atoms with van der Waals surface area (Å²) < 4.78 is 1.16. The highest BCUT2D eigenvalue weighted by Crippen LogP contribution is 2.35. The summed E-state index contributed by atoms with van der Waals surface area (Å²) in [6.07, 6.45) is 5.28. The lowest BCUT2D eigenvalue weighted by Gasteiger charge is -2.38. The zero-order chi connectivity index (χ0) is 23.5. The number of fused-ring (bicyclic) bond motifs is 1. The number of nitrogens with zero attached hydrogens (tertiary/aromatic N) is 3. The largest absolute Gasteiger partial charge is 0.343 e. The first-order chi connectivity index (χ1) is 16.5. The number of hydrogen-bond donors (Lipinski definition) is 0. The van der Waals surface area contributed by atoms with Crippen LogP contribution in [0.3, 0.4) is 0 Å². The summed E-state index contributed by atoms with van der Waals surface area (Å²) in [5.41, 5.74) is 1.35. The van der Waals surface area contributed by atoms with Gasteiger partial charge in [-0.25, -0.2) is 4.98 Å². The average Bonchev–Trinajstić information content (AvgIpc) is 3.54. The molecule has 178 valence electrons. The molecule has 34 heavy (non-hydrogen) atoms. The van der Waals surface area contributed by atoms with Gasteiger partial charge in [0.1, 0.15) is 0 Å². The maximum absolute atomic E-state index is 14.0. The van der Waals surface area contributed by atoms with Crippen molar-refractivity contribution in [1.82, 2.24) is 14.8 Å². The summed E-state index contributed by atoms with van der Waals surface area (Å²) in [6, 6.07) is 18.3. The van der Waals surface area contributed by atoms with Gasteiger partial charge in [0.2, 0.25) is 11.8 Å². The lowest BCUT2D eigenvalue weighted by atomic mass is 9.77. The third-order valence-corrected chi connectivity index (χ3v) is 8.59. The Morgan fingerprint density at radius 1 is 0.941 bits per heavy atom. The number of rotatable bonds is 6. The molecule has 0 aliphatic carbocycles. The van der Waals surface area contributed by atoms with E-state index in [2.05, 4.69) is 25.1 Å². The quantitative estimate of drug-likeness (QED) is 0.501. The molecule has 0 bridgehead atoms. The lowest BCUT2D eigenvalue weighted by molar-refractivity contribution is -0.138. The number of thiazole rings is 1. The predicted molar refractivity (Wildman–Crippen MR) is 137 cm³/mol. The molecule has 2 amide bonds. The Labute approximate surface area is 205 Å². The molecule has 1 aromatic heterocycles. The van der Waals surface area contributed by atoms with E-state index in [4.69, 9.17) is 4.98 Å². The van der Waals surface area contributed by atoms with Crippen molar-refractivity contribution in [3.8, 4) is 0 Å². The lowest BCUT2D eigenvalue weighted by Crippen LogP contribution is -2.49. The van der Waals surface area contributed by atoms with E-state index in [1.165, 1.54) is 0 Å². The summed E-state index contributed by atoms with van der Waals surface area (Å²) in [6.45, 7) is 5.34. The van der Waals surface area contributed by atoms with Crippen LogP contribution in [-0.4, -0.2) is 52.8 Å². The minimum absolute atomic E-state index is 0.169. The Morgan fingerprint density at radius 2 is 1.62 bits per heavy atom. The van der Waals surface area contributed by atoms with Gasteiger partial charge in [-0.1, -0.05) is 42.5 Å².